The molecule has 3 heteroatoms. The number of carbonyl (C=O) groups excluding carboxylic acids is 1. The minimum absolute atomic E-state index is 0.0301. The van der Waals surface area contributed by atoms with Crippen molar-refractivity contribution in [3.63, 3.8) is 0 Å². The molecule has 1 atom stereocenters. The van der Waals surface area contributed by atoms with Crippen molar-refractivity contribution in [1.29, 1.82) is 0 Å². The van der Waals surface area contributed by atoms with E-state index in [1.807, 2.05) is 19.0 Å². The molecule has 1 saturated heterocycles. The predicted octanol–water partition coefficient (Wildman–Crippen LogP) is 0.0726. The van der Waals surface area contributed by atoms with Gasteiger partial charge in [0, 0.05) is 12.0 Å². The zero-order valence-electron chi connectivity index (χ0n) is 7.64. The molecule has 1 aliphatic rings. The van der Waals surface area contributed by atoms with Gasteiger partial charge in [0.15, 0.2) is 0 Å². The number of hydrogen-bond acceptors (Lipinski definition) is 2. The fourth-order valence-electron chi connectivity index (χ4n) is 1.80. The summed E-state index contributed by atoms with van der Waals surface area (Å²) in [6.45, 7) is 5.00. The first-order chi connectivity index (χ1) is 4.95. The van der Waals surface area contributed by atoms with Crippen molar-refractivity contribution < 1.29 is 4.79 Å². The Labute approximate surface area is 67.8 Å². The first-order valence-corrected chi connectivity index (χ1v) is 3.89. The fourth-order valence-corrected chi connectivity index (χ4v) is 1.80. The molecule has 1 fully saturated rings. The second kappa shape index (κ2) is 2.48. The van der Waals surface area contributed by atoms with Gasteiger partial charge in [0.05, 0.1) is 6.04 Å². The maximum atomic E-state index is 11.3. The molecule has 0 radical (unpaired) electrons. The Morgan fingerprint density at radius 2 is 2.09 bits per heavy atom. The van der Waals surface area contributed by atoms with Gasteiger partial charge in [-0.15, -0.1) is 0 Å². The molecule has 11 heavy (non-hydrogen) atoms. The average molecular weight is 156 g/mol. The fraction of sp³-hybridized carbons (Fsp3) is 0.875. The molecule has 0 aliphatic carbocycles. The van der Waals surface area contributed by atoms with Gasteiger partial charge in [0.25, 0.3) is 0 Å². The number of nitrogens with one attached hydrogen (secondary N) is 1. The Kier molecular flexibility index (Phi) is 1.92. The second-order valence-corrected chi connectivity index (χ2v) is 4.07. The Morgan fingerprint density at radius 3 is 2.27 bits per heavy atom. The van der Waals surface area contributed by atoms with Crippen molar-refractivity contribution in [2.75, 3.05) is 20.6 Å². The number of rotatable bonds is 1. The Bertz CT molecular complexity index is 175. The smallest absolute Gasteiger partial charge is 0.237 e. The van der Waals surface area contributed by atoms with E-state index >= 15 is 0 Å². The van der Waals surface area contributed by atoms with Crippen molar-refractivity contribution in [1.82, 2.24) is 10.2 Å². The van der Waals surface area contributed by atoms with Crippen LogP contribution in [0.1, 0.15) is 13.8 Å². The van der Waals surface area contributed by atoms with Gasteiger partial charge in [-0.2, -0.15) is 0 Å². The molecule has 64 valence electrons. The number of hydrogen-bond donors (Lipinski definition) is 1. The molecule has 1 rings (SSSR count). The van der Waals surface area contributed by atoms with E-state index in [0.717, 1.165) is 6.54 Å². The second-order valence-electron chi connectivity index (χ2n) is 4.07. The standard InChI is InChI=1S/C8H16N2O/c1-8(2)5-9-7(11)6(8)10(3)4/h6H,5H2,1-4H3,(H,9,11)/t6-/m1/s1. The number of carbonyl (C=O) groups is 1. The third-order valence-corrected chi connectivity index (χ3v) is 2.22. The maximum Gasteiger partial charge on any atom is 0.237 e. The summed E-state index contributed by atoms with van der Waals surface area (Å²) in [7, 11) is 3.88. The summed E-state index contributed by atoms with van der Waals surface area (Å²) in [6, 6.07) is 0.0301. The van der Waals surface area contributed by atoms with Gasteiger partial charge in [-0.05, 0) is 14.1 Å². The molecule has 1 aliphatic heterocycles. The topological polar surface area (TPSA) is 32.3 Å². The van der Waals surface area contributed by atoms with Crippen LogP contribution in [-0.2, 0) is 4.79 Å². The summed E-state index contributed by atoms with van der Waals surface area (Å²) < 4.78 is 0. The normalized spacial score (nSPS) is 29.2. The van der Waals surface area contributed by atoms with E-state index in [1.54, 1.807) is 0 Å². The highest BCUT2D eigenvalue weighted by molar-refractivity contribution is 5.85. The van der Waals surface area contributed by atoms with E-state index in [2.05, 4.69) is 19.2 Å². The third kappa shape index (κ3) is 1.38. The Balaban J connectivity index is 2.80. The molecule has 1 heterocycles. The molecule has 0 aromatic heterocycles. The highest BCUT2D eigenvalue weighted by Crippen LogP contribution is 2.27. The first-order valence-electron chi connectivity index (χ1n) is 3.89. The van der Waals surface area contributed by atoms with Crippen LogP contribution in [0.3, 0.4) is 0 Å². The van der Waals surface area contributed by atoms with Crippen LogP contribution in [-0.4, -0.2) is 37.5 Å². The molecule has 0 bridgehead atoms. The third-order valence-electron chi connectivity index (χ3n) is 2.22. The zero-order chi connectivity index (χ0) is 8.65. The summed E-state index contributed by atoms with van der Waals surface area (Å²) in [5.74, 6) is 0.153. The molecule has 1 amide bonds. The maximum absolute atomic E-state index is 11.3. The summed E-state index contributed by atoms with van der Waals surface area (Å²) in [4.78, 5) is 13.3. The SMILES string of the molecule is CN(C)[C@@H]1C(=O)NCC1(C)C. The van der Waals surface area contributed by atoms with Gasteiger partial charge in [-0.1, -0.05) is 13.8 Å². The summed E-state index contributed by atoms with van der Waals surface area (Å²) in [6.07, 6.45) is 0. The molecule has 0 aromatic carbocycles. The molecular weight excluding hydrogens is 140 g/mol. The van der Waals surface area contributed by atoms with Crippen LogP contribution >= 0.6 is 0 Å². The Hall–Kier alpha value is -0.570. The lowest BCUT2D eigenvalue weighted by molar-refractivity contribution is -0.124. The van der Waals surface area contributed by atoms with Gasteiger partial charge in [0.2, 0.25) is 5.91 Å². The minimum Gasteiger partial charge on any atom is -0.354 e. The minimum atomic E-state index is 0.0301. The Morgan fingerprint density at radius 1 is 1.55 bits per heavy atom. The van der Waals surface area contributed by atoms with Crippen LogP contribution in [0.2, 0.25) is 0 Å². The molecule has 0 spiro atoms. The summed E-state index contributed by atoms with van der Waals surface area (Å²) in [5, 5.41) is 2.86. The van der Waals surface area contributed by atoms with E-state index in [0.29, 0.717) is 0 Å². The van der Waals surface area contributed by atoms with Gasteiger partial charge in [-0.3, -0.25) is 9.69 Å². The summed E-state index contributed by atoms with van der Waals surface area (Å²) in [5.41, 5.74) is 0.0700. The quantitative estimate of drug-likeness (QED) is 0.583. The highest BCUT2D eigenvalue weighted by Gasteiger charge is 2.42. The van der Waals surface area contributed by atoms with E-state index in [1.165, 1.54) is 0 Å². The molecular formula is C8H16N2O. The van der Waals surface area contributed by atoms with E-state index < -0.39 is 0 Å². The monoisotopic (exact) mass is 156 g/mol. The predicted molar refractivity (Wildman–Crippen MR) is 44.3 cm³/mol. The van der Waals surface area contributed by atoms with Crippen LogP contribution in [0.4, 0.5) is 0 Å². The molecule has 0 saturated carbocycles. The van der Waals surface area contributed by atoms with E-state index in [9.17, 15) is 4.79 Å². The van der Waals surface area contributed by atoms with Gasteiger partial charge in [-0.25, -0.2) is 0 Å². The van der Waals surface area contributed by atoms with Gasteiger partial charge in [0.1, 0.15) is 0 Å². The number of nitrogens with zero attached hydrogens (tertiary/aromatic N) is 1. The van der Waals surface area contributed by atoms with Crippen molar-refractivity contribution in [3.8, 4) is 0 Å². The van der Waals surface area contributed by atoms with Crippen LogP contribution in [0.15, 0.2) is 0 Å². The lowest BCUT2D eigenvalue weighted by atomic mass is 9.87. The van der Waals surface area contributed by atoms with Crippen LogP contribution < -0.4 is 5.32 Å². The lowest BCUT2D eigenvalue weighted by Crippen LogP contribution is -2.42. The van der Waals surface area contributed by atoms with Crippen molar-refractivity contribution in [2.45, 2.75) is 19.9 Å². The van der Waals surface area contributed by atoms with Gasteiger partial charge >= 0.3 is 0 Å². The number of likely N-dealkylation sites (N-methyl/N-ethyl adjacent to an activating group) is 1. The van der Waals surface area contributed by atoms with Crippen LogP contribution in [0.5, 0.6) is 0 Å². The molecule has 1 N–H and O–H groups in total. The largest absolute Gasteiger partial charge is 0.354 e. The van der Waals surface area contributed by atoms with E-state index in [-0.39, 0.29) is 17.4 Å². The molecule has 3 nitrogen and oxygen atoms in total. The highest BCUT2D eigenvalue weighted by atomic mass is 16.2. The van der Waals surface area contributed by atoms with E-state index in [4.69, 9.17) is 0 Å². The van der Waals surface area contributed by atoms with Crippen LogP contribution in [0, 0.1) is 5.41 Å². The zero-order valence-corrected chi connectivity index (χ0v) is 7.64. The lowest BCUT2D eigenvalue weighted by Gasteiger charge is -2.28. The van der Waals surface area contributed by atoms with Crippen molar-refractivity contribution in [2.24, 2.45) is 5.41 Å². The van der Waals surface area contributed by atoms with Crippen molar-refractivity contribution >= 4 is 5.91 Å². The van der Waals surface area contributed by atoms with Crippen LogP contribution in [0.25, 0.3) is 0 Å². The number of amides is 1. The molecule has 0 unspecified atom stereocenters. The van der Waals surface area contributed by atoms with Crippen molar-refractivity contribution in [3.05, 3.63) is 0 Å². The summed E-state index contributed by atoms with van der Waals surface area (Å²) >= 11 is 0. The average Bonchev–Trinajstić information content (AvgIpc) is 2.06. The molecule has 0 aromatic rings. The first kappa shape index (κ1) is 8.53. The van der Waals surface area contributed by atoms with Gasteiger partial charge < -0.3 is 5.32 Å².